The summed E-state index contributed by atoms with van der Waals surface area (Å²) in [5, 5.41) is 11.4. The van der Waals surface area contributed by atoms with E-state index in [-0.39, 0.29) is 18.0 Å². The van der Waals surface area contributed by atoms with Crippen molar-refractivity contribution >= 4 is 12.0 Å². The van der Waals surface area contributed by atoms with Crippen LogP contribution in [0.3, 0.4) is 0 Å². The molecule has 2 amide bonds. The van der Waals surface area contributed by atoms with Gasteiger partial charge in [0.2, 0.25) is 0 Å². The van der Waals surface area contributed by atoms with E-state index in [1.165, 1.54) is 0 Å². The molecule has 1 fully saturated rings. The maximum atomic E-state index is 11.9. The van der Waals surface area contributed by atoms with Gasteiger partial charge in [0.05, 0.1) is 5.92 Å². The number of amides is 2. The van der Waals surface area contributed by atoms with Crippen molar-refractivity contribution < 1.29 is 14.7 Å². The van der Waals surface area contributed by atoms with Gasteiger partial charge in [-0.1, -0.05) is 27.7 Å². The molecule has 0 bridgehead atoms. The molecule has 1 saturated heterocycles. The molecule has 18 heavy (non-hydrogen) atoms. The van der Waals surface area contributed by atoms with E-state index in [0.29, 0.717) is 5.92 Å². The zero-order valence-electron chi connectivity index (χ0n) is 11.7. The third kappa shape index (κ3) is 3.89. The first-order valence-corrected chi connectivity index (χ1v) is 6.47. The van der Waals surface area contributed by atoms with E-state index in [0.717, 1.165) is 19.5 Å². The van der Waals surface area contributed by atoms with Gasteiger partial charge in [-0.2, -0.15) is 0 Å². The second kappa shape index (κ2) is 5.59. The molecule has 0 aromatic heterocycles. The van der Waals surface area contributed by atoms with Crippen LogP contribution in [-0.4, -0.2) is 41.6 Å². The van der Waals surface area contributed by atoms with E-state index in [9.17, 15) is 9.59 Å². The second-order valence-electron chi connectivity index (χ2n) is 6.22. The molecule has 0 radical (unpaired) electrons. The standard InChI is InChI=1S/C13H24N2O3/c1-9(11(16)17)7-14-12(18)15-6-5-10(8-15)13(2,3)4/h9-10H,5-8H2,1-4H3,(H,14,18)(H,16,17). The van der Waals surface area contributed by atoms with E-state index in [2.05, 4.69) is 26.1 Å². The first-order chi connectivity index (χ1) is 8.21. The van der Waals surface area contributed by atoms with Gasteiger partial charge in [0, 0.05) is 19.6 Å². The molecule has 2 N–H and O–H groups in total. The Hall–Kier alpha value is -1.26. The van der Waals surface area contributed by atoms with Crippen LogP contribution in [-0.2, 0) is 4.79 Å². The summed E-state index contributed by atoms with van der Waals surface area (Å²) in [6.45, 7) is 9.85. The second-order valence-corrected chi connectivity index (χ2v) is 6.22. The Kier molecular flexibility index (Phi) is 4.59. The van der Waals surface area contributed by atoms with Gasteiger partial charge in [0.15, 0.2) is 0 Å². The third-order valence-electron chi connectivity index (χ3n) is 3.68. The van der Waals surface area contributed by atoms with Crippen LogP contribution in [0.25, 0.3) is 0 Å². The molecule has 0 aromatic carbocycles. The maximum Gasteiger partial charge on any atom is 0.317 e. The first-order valence-electron chi connectivity index (χ1n) is 6.47. The minimum atomic E-state index is -0.885. The molecule has 2 unspecified atom stereocenters. The van der Waals surface area contributed by atoms with E-state index in [1.54, 1.807) is 11.8 Å². The minimum Gasteiger partial charge on any atom is -0.481 e. The molecule has 5 heteroatoms. The maximum absolute atomic E-state index is 11.9. The third-order valence-corrected chi connectivity index (χ3v) is 3.68. The van der Waals surface area contributed by atoms with Gasteiger partial charge in [0.25, 0.3) is 0 Å². The number of aliphatic carboxylic acids is 1. The van der Waals surface area contributed by atoms with Crippen molar-refractivity contribution in [3.63, 3.8) is 0 Å². The van der Waals surface area contributed by atoms with Crippen molar-refractivity contribution in [3.8, 4) is 0 Å². The average Bonchev–Trinajstić information content (AvgIpc) is 2.73. The Morgan fingerprint density at radius 1 is 1.44 bits per heavy atom. The number of likely N-dealkylation sites (tertiary alicyclic amines) is 1. The highest BCUT2D eigenvalue weighted by molar-refractivity contribution is 5.76. The highest BCUT2D eigenvalue weighted by Gasteiger charge is 2.33. The highest BCUT2D eigenvalue weighted by atomic mass is 16.4. The summed E-state index contributed by atoms with van der Waals surface area (Å²) in [7, 11) is 0. The summed E-state index contributed by atoms with van der Waals surface area (Å²) in [6, 6.07) is -0.144. The number of hydrogen-bond acceptors (Lipinski definition) is 2. The van der Waals surface area contributed by atoms with Gasteiger partial charge in [-0.25, -0.2) is 4.79 Å². The predicted molar refractivity (Wildman–Crippen MR) is 69.3 cm³/mol. The summed E-state index contributed by atoms with van der Waals surface area (Å²) in [6.07, 6.45) is 1.02. The lowest BCUT2D eigenvalue weighted by molar-refractivity contribution is -0.140. The lowest BCUT2D eigenvalue weighted by Crippen LogP contribution is -2.41. The Bertz CT molecular complexity index is 323. The average molecular weight is 256 g/mol. The lowest BCUT2D eigenvalue weighted by Gasteiger charge is -2.27. The number of rotatable bonds is 3. The van der Waals surface area contributed by atoms with Crippen molar-refractivity contribution in [2.75, 3.05) is 19.6 Å². The summed E-state index contributed by atoms with van der Waals surface area (Å²) >= 11 is 0. The quantitative estimate of drug-likeness (QED) is 0.808. The van der Waals surface area contributed by atoms with Gasteiger partial charge in [-0.15, -0.1) is 0 Å². The highest BCUT2D eigenvalue weighted by Crippen LogP contribution is 2.33. The summed E-state index contributed by atoms with van der Waals surface area (Å²) in [5.74, 6) is -0.917. The van der Waals surface area contributed by atoms with Crippen LogP contribution in [0.1, 0.15) is 34.1 Å². The summed E-state index contributed by atoms with van der Waals surface area (Å²) in [4.78, 5) is 24.3. The molecular weight excluding hydrogens is 232 g/mol. The number of nitrogens with one attached hydrogen (secondary N) is 1. The van der Waals surface area contributed by atoms with Crippen LogP contribution in [0.2, 0.25) is 0 Å². The number of carbonyl (C=O) groups excluding carboxylic acids is 1. The smallest absolute Gasteiger partial charge is 0.317 e. The molecule has 1 aliphatic heterocycles. The summed E-state index contributed by atoms with van der Waals surface area (Å²) < 4.78 is 0. The van der Waals surface area contributed by atoms with Gasteiger partial charge in [-0.3, -0.25) is 4.79 Å². The Morgan fingerprint density at radius 3 is 2.50 bits per heavy atom. The number of nitrogens with zero attached hydrogens (tertiary/aromatic N) is 1. The fourth-order valence-corrected chi connectivity index (χ4v) is 2.09. The van der Waals surface area contributed by atoms with Gasteiger partial charge in [0.1, 0.15) is 0 Å². The molecule has 0 saturated carbocycles. The fourth-order valence-electron chi connectivity index (χ4n) is 2.09. The number of carboxylic acids is 1. The van der Waals surface area contributed by atoms with Gasteiger partial charge in [-0.05, 0) is 17.8 Å². The minimum absolute atomic E-state index is 0.144. The molecule has 0 spiro atoms. The molecule has 0 aromatic rings. The first kappa shape index (κ1) is 14.8. The lowest BCUT2D eigenvalue weighted by atomic mass is 9.80. The van der Waals surface area contributed by atoms with Gasteiger partial charge < -0.3 is 15.3 Å². The topological polar surface area (TPSA) is 69.6 Å². The van der Waals surface area contributed by atoms with Crippen LogP contribution < -0.4 is 5.32 Å². The van der Waals surface area contributed by atoms with Crippen LogP contribution in [0.4, 0.5) is 4.79 Å². The molecule has 1 aliphatic rings. The van der Waals surface area contributed by atoms with Crippen LogP contribution in [0, 0.1) is 17.3 Å². The van der Waals surface area contributed by atoms with E-state index in [4.69, 9.17) is 5.11 Å². The van der Waals surface area contributed by atoms with Crippen molar-refractivity contribution in [1.82, 2.24) is 10.2 Å². The van der Waals surface area contributed by atoms with Crippen molar-refractivity contribution in [1.29, 1.82) is 0 Å². The van der Waals surface area contributed by atoms with Crippen LogP contribution in [0.5, 0.6) is 0 Å². The molecule has 2 atom stereocenters. The number of carbonyl (C=O) groups is 2. The monoisotopic (exact) mass is 256 g/mol. The van der Waals surface area contributed by atoms with Crippen LogP contribution >= 0.6 is 0 Å². The van der Waals surface area contributed by atoms with E-state index >= 15 is 0 Å². The SMILES string of the molecule is CC(CNC(=O)N1CCC(C(C)(C)C)C1)C(=O)O. The molecule has 0 aliphatic carbocycles. The van der Waals surface area contributed by atoms with Crippen LogP contribution in [0.15, 0.2) is 0 Å². The zero-order chi connectivity index (χ0) is 13.9. The fraction of sp³-hybridized carbons (Fsp3) is 0.846. The summed E-state index contributed by atoms with van der Waals surface area (Å²) in [5.41, 5.74) is 0.212. The van der Waals surface area contributed by atoms with Crippen molar-refractivity contribution in [2.24, 2.45) is 17.3 Å². The van der Waals surface area contributed by atoms with E-state index < -0.39 is 11.9 Å². The number of carboxylic acid groups (broad SMARTS) is 1. The largest absolute Gasteiger partial charge is 0.481 e. The Labute approximate surface area is 109 Å². The van der Waals surface area contributed by atoms with E-state index in [1.807, 2.05) is 0 Å². The molecule has 1 heterocycles. The normalized spacial score (nSPS) is 21.8. The number of hydrogen-bond donors (Lipinski definition) is 2. The predicted octanol–water partition coefficient (Wildman–Crippen LogP) is 1.78. The molecule has 5 nitrogen and oxygen atoms in total. The zero-order valence-corrected chi connectivity index (χ0v) is 11.7. The molecule has 1 rings (SSSR count). The van der Waals surface area contributed by atoms with Crippen molar-refractivity contribution in [3.05, 3.63) is 0 Å². The Morgan fingerprint density at radius 2 is 2.06 bits per heavy atom. The van der Waals surface area contributed by atoms with Crippen molar-refractivity contribution in [2.45, 2.75) is 34.1 Å². The van der Waals surface area contributed by atoms with Gasteiger partial charge >= 0.3 is 12.0 Å². The molecular formula is C13H24N2O3. The number of urea groups is 1. The molecule has 104 valence electrons. The Balaban J connectivity index is 2.39.